The highest BCUT2D eigenvalue weighted by atomic mass is 35.5. The van der Waals surface area contributed by atoms with Crippen molar-refractivity contribution in [2.45, 2.75) is 6.92 Å². The SMILES string of the molecule is Cc1cc2sc(NC(=S)NC(=O)/C=C/c3ccc(Cl)cc3Cl)nc2cc1Cl. The number of carbonyl (C=O) groups excluding carboxylic acids is 1. The molecule has 0 aliphatic carbocycles. The Balaban J connectivity index is 1.63. The van der Waals surface area contributed by atoms with Crippen LogP contribution in [0, 0.1) is 6.92 Å². The third-order valence-corrected chi connectivity index (χ3v) is 5.61. The van der Waals surface area contributed by atoms with Gasteiger partial charge in [-0.2, -0.15) is 0 Å². The van der Waals surface area contributed by atoms with Crippen molar-refractivity contribution in [3.05, 3.63) is 62.6 Å². The average Bonchev–Trinajstić information content (AvgIpc) is 2.95. The van der Waals surface area contributed by atoms with Gasteiger partial charge in [-0.15, -0.1) is 0 Å². The summed E-state index contributed by atoms with van der Waals surface area (Å²) in [6.45, 7) is 1.93. The fraction of sp³-hybridized carbons (Fsp3) is 0.0556. The van der Waals surface area contributed by atoms with E-state index in [4.69, 9.17) is 47.0 Å². The number of aromatic nitrogens is 1. The Hall–Kier alpha value is -1.70. The monoisotopic (exact) mass is 455 g/mol. The molecule has 1 amide bonds. The van der Waals surface area contributed by atoms with E-state index in [-0.39, 0.29) is 5.11 Å². The van der Waals surface area contributed by atoms with E-state index >= 15 is 0 Å². The lowest BCUT2D eigenvalue weighted by atomic mass is 10.2. The summed E-state index contributed by atoms with van der Waals surface area (Å²) in [7, 11) is 0. The van der Waals surface area contributed by atoms with Gasteiger partial charge in [0.2, 0.25) is 5.91 Å². The number of amides is 1. The van der Waals surface area contributed by atoms with Gasteiger partial charge in [0, 0.05) is 21.1 Å². The van der Waals surface area contributed by atoms with Crippen LogP contribution in [0.1, 0.15) is 11.1 Å². The molecule has 27 heavy (non-hydrogen) atoms. The molecule has 0 saturated carbocycles. The first-order valence-electron chi connectivity index (χ1n) is 7.63. The number of anilines is 1. The first-order valence-corrected chi connectivity index (χ1v) is 9.99. The lowest BCUT2D eigenvalue weighted by Crippen LogP contribution is -2.32. The van der Waals surface area contributed by atoms with E-state index in [2.05, 4.69) is 15.6 Å². The lowest BCUT2D eigenvalue weighted by molar-refractivity contribution is -0.115. The second-order valence-electron chi connectivity index (χ2n) is 5.53. The van der Waals surface area contributed by atoms with Crippen LogP contribution in [0.3, 0.4) is 0 Å². The number of thiazole rings is 1. The average molecular weight is 457 g/mol. The van der Waals surface area contributed by atoms with Gasteiger partial charge in [0.05, 0.1) is 10.2 Å². The molecule has 138 valence electrons. The summed E-state index contributed by atoms with van der Waals surface area (Å²) in [5, 5.41) is 7.82. The van der Waals surface area contributed by atoms with Crippen LogP contribution in [0.2, 0.25) is 15.1 Å². The van der Waals surface area contributed by atoms with Gasteiger partial charge >= 0.3 is 0 Å². The molecule has 0 fully saturated rings. The zero-order valence-corrected chi connectivity index (χ0v) is 17.7. The zero-order valence-electron chi connectivity index (χ0n) is 13.8. The summed E-state index contributed by atoms with van der Waals surface area (Å²) in [6, 6.07) is 8.78. The lowest BCUT2D eigenvalue weighted by Gasteiger charge is -2.04. The molecular formula is C18H12Cl3N3OS2. The van der Waals surface area contributed by atoms with Crippen molar-refractivity contribution in [1.82, 2.24) is 10.3 Å². The second kappa shape index (κ2) is 8.54. The molecule has 3 aromatic rings. The van der Waals surface area contributed by atoms with E-state index in [9.17, 15) is 4.79 Å². The molecular weight excluding hydrogens is 445 g/mol. The molecule has 0 unspecified atom stereocenters. The smallest absolute Gasteiger partial charge is 0.250 e. The molecule has 1 aromatic heterocycles. The Bertz CT molecular complexity index is 1040. The van der Waals surface area contributed by atoms with E-state index < -0.39 is 5.91 Å². The number of hydrogen-bond acceptors (Lipinski definition) is 4. The Labute approximate surface area is 180 Å². The van der Waals surface area contributed by atoms with E-state index in [1.54, 1.807) is 30.3 Å². The molecule has 2 N–H and O–H groups in total. The first-order chi connectivity index (χ1) is 12.8. The van der Waals surface area contributed by atoms with Gasteiger partial charge in [-0.1, -0.05) is 52.2 Å². The number of carbonyl (C=O) groups is 1. The molecule has 1 heterocycles. The number of aryl methyl sites for hydroxylation is 1. The summed E-state index contributed by atoms with van der Waals surface area (Å²) in [5.41, 5.74) is 2.42. The molecule has 3 rings (SSSR count). The van der Waals surface area contributed by atoms with Crippen molar-refractivity contribution in [2.24, 2.45) is 0 Å². The van der Waals surface area contributed by atoms with Crippen molar-refractivity contribution in [3.63, 3.8) is 0 Å². The molecule has 0 spiro atoms. The number of rotatable bonds is 3. The topological polar surface area (TPSA) is 54.0 Å². The maximum atomic E-state index is 12.0. The maximum absolute atomic E-state index is 12.0. The van der Waals surface area contributed by atoms with Crippen LogP contribution in [0.25, 0.3) is 16.3 Å². The Morgan fingerprint density at radius 2 is 1.96 bits per heavy atom. The van der Waals surface area contributed by atoms with Crippen molar-refractivity contribution >= 4 is 90.8 Å². The number of halogens is 3. The van der Waals surface area contributed by atoms with Crippen molar-refractivity contribution in [1.29, 1.82) is 0 Å². The van der Waals surface area contributed by atoms with Gasteiger partial charge < -0.3 is 5.32 Å². The maximum Gasteiger partial charge on any atom is 0.250 e. The first kappa shape index (κ1) is 20.0. The molecule has 0 aliphatic heterocycles. The highest BCUT2D eigenvalue weighted by Crippen LogP contribution is 2.30. The molecule has 2 aromatic carbocycles. The Morgan fingerprint density at radius 3 is 2.70 bits per heavy atom. The molecule has 9 heteroatoms. The van der Waals surface area contributed by atoms with Gasteiger partial charge in [0.1, 0.15) is 0 Å². The molecule has 0 atom stereocenters. The van der Waals surface area contributed by atoms with Crippen LogP contribution in [-0.2, 0) is 4.79 Å². The van der Waals surface area contributed by atoms with Crippen LogP contribution in [-0.4, -0.2) is 16.0 Å². The minimum absolute atomic E-state index is 0.147. The minimum Gasteiger partial charge on any atom is -0.308 e. The van der Waals surface area contributed by atoms with Crippen molar-refractivity contribution in [3.8, 4) is 0 Å². The summed E-state index contributed by atoms with van der Waals surface area (Å²) >= 11 is 24.6. The van der Waals surface area contributed by atoms with Crippen LogP contribution in [0.5, 0.6) is 0 Å². The van der Waals surface area contributed by atoms with Crippen LogP contribution >= 0.6 is 58.4 Å². The van der Waals surface area contributed by atoms with Gasteiger partial charge in [0.15, 0.2) is 10.2 Å². The minimum atomic E-state index is -0.390. The Kier molecular flexibility index (Phi) is 6.34. The number of thiocarbonyl (C=S) groups is 1. The number of nitrogens with one attached hydrogen (secondary N) is 2. The van der Waals surface area contributed by atoms with Crippen LogP contribution < -0.4 is 10.6 Å². The summed E-state index contributed by atoms with van der Waals surface area (Å²) in [6.07, 6.45) is 2.92. The van der Waals surface area contributed by atoms with Gasteiger partial charge in [-0.25, -0.2) is 4.98 Å². The standard InChI is InChI=1S/C18H12Cl3N3OS2/c1-9-6-15-14(8-12(9)20)22-18(27-15)24-17(26)23-16(25)5-3-10-2-4-11(19)7-13(10)21/h2-8H,1H3,(H2,22,23,24,25,26)/b5-3+. The number of hydrogen-bond donors (Lipinski definition) is 2. The molecule has 0 saturated heterocycles. The zero-order chi connectivity index (χ0) is 19.6. The largest absolute Gasteiger partial charge is 0.308 e. The highest BCUT2D eigenvalue weighted by Gasteiger charge is 2.09. The summed E-state index contributed by atoms with van der Waals surface area (Å²) in [4.78, 5) is 16.4. The van der Waals surface area contributed by atoms with Crippen molar-refractivity contribution in [2.75, 3.05) is 5.32 Å². The number of fused-ring (bicyclic) bond motifs is 1. The molecule has 0 bridgehead atoms. The number of nitrogens with zero attached hydrogens (tertiary/aromatic N) is 1. The van der Waals surface area contributed by atoms with Crippen LogP contribution in [0.4, 0.5) is 5.13 Å². The van der Waals surface area contributed by atoms with E-state index in [1.807, 2.05) is 13.0 Å². The fourth-order valence-electron chi connectivity index (χ4n) is 2.19. The number of benzene rings is 2. The van der Waals surface area contributed by atoms with Gasteiger partial charge in [-0.3, -0.25) is 10.1 Å². The molecule has 4 nitrogen and oxygen atoms in total. The summed E-state index contributed by atoms with van der Waals surface area (Å²) in [5.74, 6) is -0.390. The third kappa shape index (κ3) is 5.18. The van der Waals surface area contributed by atoms with Crippen LogP contribution in [0.15, 0.2) is 36.4 Å². The summed E-state index contributed by atoms with van der Waals surface area (Å²) < 4.78 is 0.978. The second-order valence-corrected chi connectivity index (χ2v) is 8.22. The third-order valence-electron chi connectivity index (χ3n) is 3.50. The highest BCUT2D eigenvalue weighted by molar-refractivity contribution is 7.80. The van der Waals surface area contributed by atoms with Gasteiger partial charge in [-0.05, 0) is 60.6 Å². The normalized spacial score (nSPS) is 11.1. The van der Waals surface area contributed by atoms with E-state index in [0.29, 0.717) is 25.8 Å². The van der Waals surface area contributed by atoms with E-state index in [1.165, 1.54) is 17.4 Å². The van der Waals surface area contributed by atoms with E-state index in [0.717, 1.165) is 15.8 Å². The predicted octanol–water partition coefficient (Wildman–Crippen LogP) is 6.09. The molecule has 0 radical (unpaired) electrons. The molecule has 0 aliphatic rings. The Morgan fingerprint density at radius 1 is 1.19 bits per heavy atom. The quantitative estimate of drug-likeness (QED) is 0.370. The van der Waals surface area contributed by atoms with Gasteiger partial charge in [0.25, 0.3) is 0 Å². The van der Waals surface area contributed by atoms with Crippen molar-refractivity contribution < 1.29 is 4.79 Å². The predicted molar refractivity (Wildman–Crippen MR) is 119 cm³/mol. The fourth-order valence-corrected chi connectivity index (χ4v) is 4.03.